The number of nitrogens with one attached hydrogen (secondary N) is 3. The van der Waals surface area contributed by atoms with Crippen molar-refractivity contribution in [1.82, 2.24) is 35.1 Å². The molecule has 176 valence electrons. The number of piperazine rings is 1. The van der Waals surface area contributed by atoms with Crippen LogP contribution in [0.4, 0.5) is 16.2 Å². The quantitative estimate of drug-likeness (QED) is 0.451. The summed E-state index contributed by atoms with van der Waals surface area (Å²) in [6.45, 7) is 11.5. The van der Waals surface area contributed by atoms with Gasteiger partial charge in [-0.3, -0.25) is 0 Å². The van der Waals surface area contributed by atoms with E-state index < -0.39 is 0 Å². The van der Waals surface area contributed by atoms with E-state index in [2.05, 4.69) is 55.8 Å². The zero-order valence-electron chi connectivity index (χ0n) is 19.6. The number of fused-ring (bicyclic) bond motifs is 1. The Kier molecular flexibility index (Phi) is 7.23. The number of nitrogens with zero attached hydrogens (tertiary/aromatic N) is 6. The van der Waals surface area contributed by atoms with E-state index in [0.29, 0.717) is 31.5 Å². The third kappa shape index (κ3) is 5.51. The van der Waals surface area contributed by atoms with Crippen molar-refractivity contribution in [3.8, 4) is 11.4 Å². The van der Waals surface area contributed by atoms with Crippen LogP contribution in [0.5, 0.6) is 0 Å². The Hall–Kier alpha value is -3.40. The number of carbonyl (C=O) groups excluding carboxylic acids is 1. The van der Waals surface area contributed by atoms with Crippen molar-refractivity contribution < 1.29 is 4.79 Å². The van der Waals surface area contributed by atoms with Crippen molar-refractivity contribution in [2.24, 2.45) is 0 Å². The standard InChI is InChI=1S/C23H33N9O/c1-4-24-23(33)31-11-9-30(10-12-31)20-5-6-29-32-16-18(13-21(20)32)22-27-14-19(15-28-22)26-8-7-25-17(2)3/h5-6,13-17,25-26H,4,7-12H2,1-3H3,(H,24,33). The molecular weight excluding hydrogens is 418 g/mol. The Morgan fingerprint density at radius 2 is 1.88 bits per heavy atom. The van der Waals surface area contributed by atoms with Crippen LogP contribution in [-0.2, 0) is 0 Å². The summed E-state index contributed by atoms with van der Waals surface area (Å²) >= 11 is 0. The lowest BCUT2D eigenvalue weighted by atomic mass is 10.2. The summed E-state index contributed by atoms with van der Waals surface area (Å²) in [6, 6.07) is 4.58. The predicted molar refractivity (Wildman–Crippen MR) is 131 cm³/mol. The van der Waals surface area contributed by atoms with Crippen molar-refractivity contribution in [2.45, 2.75) is 26.8 Å². The molecule has 0 aromatic carbocycles. The van der Waals surface area contributed by atoms with Crippen LogP contribution in [0.3, 0.4) is 0 Å². The van der Waals surface area contributed by atoms with Crippen LogP contribution < -0.4 is 20.9 Å². The maximum absolute atomic E-state index is 12.1. The maximum atomic E-state index is 12.1. The first kappa shape index (κ1) is 22.8. The molecule has 0 saturated carbocycles. The highest BCUT2D eigenvalue weighted by Gasteiger charge is 2.22. The van der Waals surface area contributed by atoms with Gasteiger partial charge >= 0.3 is 6.03 Å². The van der Waals surface area contributed by atoms with Gasteiger partial charge in [0.1, 0.15) is 0 Å². The molecule has 33 heavy (non-hydrogen) atoms. The Morgan fingerprint density at radius 1 is 1.12 bits per heavy atom. The minimum absolute atomic E-state index is 0.00766. The minimum Gasteiger partial charge on any atom is -0.381 e. The highest BCUT2D eigenvalue weighted by atomic mass is 16.2. The molecule has 1 aliphatic heterocycles. The summed E-state index contributed by atoms with van der Waals surface area (Å²) in [7, 11) is 0. The van der Waals surface area contributed by atoms with Gasteiger partial charge in [0.05, 0.1) is 29.3 Å². The largest absolute Gasteiger partial charge is 0.381 e. The highest BCUT2D eigenvalue weighted by molar-refractivity contribution is 5.79. The summed E-state index contributed by atoms with van der Waals surface area (Å²) in [4.78, 5) is 25.4. The number of hydrogen-bond acceptors (Lipinski definition) is 7. The van der Waals surface area contributed by atoms with E-state index in [1.165, 1.54) is 0 Å². The molecule has 0 atom stereocenters. The molecule has 0 bridgehead atoms. The Morgan fingerprint density at radius 3 is 2.58 bits per heavy atom. The normalized spacial score (nSPS) is 14.2. The molecule has 4 rings (SSSR count). The fourth-order valence-electron chi connectivity index (χ4n) is 3.94. The lowest BCUT2D eigenvalue weighted by molar-refractivity contribution is 0.195. The summed E-state index contributed by atoms with van der Waals surface area (Å²) in [5.41, 5.74) is 3.92. The summed E-state index contributed by atoms with van der Waals surface area (Å²) < 4.78 is 1.87. The van der Waals surface area contributed by atoms with Crippen LogP contribution in [-0.4, -0.2) is 82.4 Å². The van der Waals surface area contributed by atoms with Crippen molar-refractivity contribution in [3.63, 3.8) is 0 Å². The van der Waals surface area contributed by atoms with Crippen LogP contribution in [0.15, 0.2) is 36.9 Å². The van der Waals surface area contributed by atoms with Crippen LogP contribution in [0.25, 0.3) is 16.9 Å². The number of carbonyl (C=O) groups is 1. The van der Waals surface area contributed by atoms with Crippen LogP contribution in [0.1, 0.15) is 20.8 Å². The number of hydrogen-bond donors (Lipinski definition) is 3. The first-order chi connectivity index (χ1) is 16.0. The van der Waals surface area contributed by atoms with Gasteiger partial charge in [0.2, 0.25) is 0 Å². The van der Waals surface area contributed by atoms with Gasteiger partial charge in [-0.05, 0) is 19.1 Å². The molecule has 1 fully saturated rings. The summed E-state index contributed by atoms with van der Waals surface area (Å²) in [5.74, 6) is 0.665. The molecule has 0 radical (unpaired) electrons. The van der Waals surface area contributed by atoms with Gasteiger partial charge in [0, 0.05) is 69.8 Å². The van der Waals surface area contributed by atoms with E-state index in [1.807, 2.05) is 41.0 Å². The van der Waals surface area contributed by atoms with Gasteiger partial charge in [-0.2, -0.15) is 5.10 Å². The van der Waals surface area contributed by atoms with E-state index >= 15 is 0 Å². The van der Waals surface area contributed by atoms with Crippen molar-refractivity contribution >= 4 is 22.9 Å². The topological polar surface area (TPSA) is 103 Å². The Bertz CT molecular complexity index is 1060. The zero-order valence-corrected chi connectivity index (χ0v) is 19.6. The highest BCUT2D eigenvalue weighted by Crippen LogP contribution is 2.27. The number of amides is 2. The van der Waals surface area contributed by atoms with Crippen LogP contribution >= 0.6 is 0 Å². The molecular formula is C23H33N9O. The molecule has 1 aliphatic rings. The first-order valence-corrected chi connectivity index (χ1v) is 11.6. The average molecular weight is 452 g/mol. The third-order valence-electron chi connectivity index (χ3n) is 5.64. The molecule has 4 heterocycles. The fourth-order valence-corrected chi connectivity index (χ4v) is 3.94. The van der Waals surface area contributed by atoms with Gasteiger partial charge < -0.3 is 25.8 Å². The van der Waals surface area contributed by atoms with Crippen molar-refractivity contribution in [3.05, 3.63) is 36.9 Å². The van der Waals surface area contributed by atoms with Gasteiger partial charge in [0.15, 0.2) is 5.82 Å². The maximum Gasteiger partial charge on any atom is 0.317 e. The summed E-state index contributed by atoms with van der Waals surface area (Å²) in [6.07, 6.45) is 7.39. The molecule has 0 unspecified atom stereocenters. The Balaban J connectivity index is 1.44. The summed E-state index contributed by atoms with van der Waals surface area (Å²) in [5, 5.41) is 14.1. The lowest BCUT2D eigenvalue weighted by Gasteiger charge is -2.36. The molecule has 10 heteroatoms. The van der Waals surface area contributed by atoms with Gasteiger partial charge in [-0.25, -0.2) is 19.3 Å². The number of aromatic nitrogens is 4. The van der Waals surface area contributed by atoms with E-state index in [1.54, 1.807) is 6.20 Å². The molecule has 2 amide bonds. The number of urea groups is 1. The smallest absolute Gasteiger partial charge is 0.317 e. The van der Waals surface area contributed by atoms with Crippen molar-refractivity contribution in [1.29, 1.82) is 0 Å². The zero-order chi connectivity index (χ0) is 23.2. The van der Waals surface area contributed by atoms with Crippen LogP contribution in [0, 0.1) is 0 Å². The number of rotatable bonds is 8. The number of anilines is 2. The molecule has 0 spiro atoms. The lowest BCUT2D eigenvalue weighted by Crippen LogP contribution is -2.51. The van der Waals surface area contributed by atoms with Gasteiger partial charge in [-0.15, -0.1) is 0 Å². The van der Waals surface area contributed by atoms with E-state index in [9.17, 15) is 4.79 Å². The molecule has 1 saturated heterocycles. The first-order valence-electron chi connectivity index (χ1n) is 11.6. The Labute approximate surface area is 194 Å². The molecule has 10 nitrogen and oxygen atoms in total. The van der Waals surface area contributed by atoms with E-state index in [4.69, 9.17) is 0 Å². The second-order valence-corrected chi connectivity index (χ2v) is 8.42. The van der Waals surface area contributed by atoms with E-state index in [-0.39, 0.29) is 6.03 Å². The minimum atomic E-state index is 0.00766. The molecule has 3 N–H and O–H groups in total. The fraction of sp³-hybridized carbons (Fsp3) is 0.478. The molecule has 3 aromatic rings. The second-order valence-electron chi connectivity index (χ2n) is 8.42. The van der Waals surface area contributed by atoms with Crippen LogP contribution in [0.2, 0.25) is 0 Å². The second kappa shape index (κ2) is 10.5. The monoisotopic (exact) mass is 451 g/mol. The predicted octanol–water partition coefficient (Wildman–Crippen LogP) is 2.05. The van der Waals surface area contributed by atoms with E-state index in [0.717, 1.165) is 48.6 Å². The molecule has 0 aliphatic carbocycles. The average Bonchev–Trinajstić information content (AvgIpc) is 3.27. The van der Waals surface area contributed by atoms with Crippen molar-refractivity contribution in [2.75, 3.05) is 56.0 Å². The van der Waals surface area contributed by atoms with Gasteiger partial charge in [-0.1, -0.05) is 13.8 Å². The molecule has 3 aromatic heterocycles. The third-order valence-corrected chi connectivity index (χ3v) is 5.64. The van der Waals surface area contributed by atoms with Gasteiger partial charge in [0.25, 0.3) is 0 Å². The SMILES string of the molecule is CCNC(=O)N1CCN(c2ccnn3cc(-c4ncc(NCCNC(C)C)cn4)cc23)CC1.